The molecule has 3 rings (SSSR count). The summed E-state index contributed by atoms with van der Waals surface area (Å²) in [6.07, 6.45) is 1.07. The van der Waals surface area contributed by atoms with Gasteiger partial charge in [0.1, 0.15) is 5.82 Å². The Morgan fingerprint density at radius 3 is 2.61 bits per heavy atom. The molecule has 28 heavy (non-hydrogen) atoms. The van der Waals surface area contributed by atoms with E-state index in [1.54, 1.807) is 18.2 Å². The Bertz CT molecular complexity index is 957. The zero-order valence-electron chi connectivity index (χ0n) is 15.7. The fraction of sp³-hybridized carbons (Fsp3) is 0.250. The first kappa shape index (κ1) is 19.9. The molecule has 0 aliphatic heterocycles. The van der Waals surface area contributed by atoms with Gasteiger partial charge in [0.2, 0.25) is 11.1 Å². The number of carbonyl (C=O) groups excluding carboxylic acids is 1. The second kappa shape index (κ2) is 8.88. The molecule has 0 saturated carbocycles. The minimum atomic E-state index is -0.434. The molecule has 0 bridgehead atoms. The number of nitrogens with zero attached hydrogens (tertiary/aromatic N) is 3. The van der Waals surface area contributed by atoms with Crippen molar-refractivity contribution in [1.82, 2.24) is 14.9 Å². The molecule has 0 radical (unpaired) electrons. The van der Waals surface area contributed by atoms with Crippen LogP contribution < -0.4 is 11.2 Å². The average molecular weight is 399 g/mol. The molecular formula is C20H22FN5OS. The number of rotatable bonds is 7. The zero-order valence-corrected chi connectivity index (χ0v) is 16.5. The molecule has 0 spiro atoms. The van der Waals surface area contributed by atoms with Gasteiger partial charge in [-0.1, -0.05) is 49.9 Å². The highest BCUT2D eigenvalue weighted by molar-refractivity contribution is 7.99. The van der Waals surface area contributed by atoms with Gasteiger partial charge in [-0.3, -0.25) is 4.79 Å². The Balaban J connectivity index is 1.60. The number of carbonyl (C=O) groups is 1. The Hall–Kier alpha value is -2.87. The lowest BCUT2D eigenvalue weighted by Crippen LogP contribution is -2.16. The summed E-state index contributed by atoms with van der Waals surface area (Å²) in [5, 5.41) is 11.1. The van der Waals surface area contributed by atoms with E-state index < -0.39 is 5.82 Å². The molecule has 1 amide bonds. The van der Waals surface area contributed by atoms with Crippen molar-refractivity contribution in [3.63, 3.8) is 0 Å². The fourth-order valence-electron chi connectivity index (χ4n) is 2.66. The van der Waals surface area contributed by atoms with E-state index in [-0.39, 0.29) is 23.0 Å². The lowest BCUT2D eigenvalue weighted by atomic mass is 9.99. The van der Waals surface area contributed by atoms with E-state index >= 15 is 0 Å². The summed E-state index contributed by atoms with van der Waals surface area (Å²) in [4.78, 5) is 12.2. The van der Waals surface area contributed by atoms with Gasteiger partial charge in [0.05, 0.1) is 11.3 Å². The lowest BCUT2D eigenvalue weighted by Gasteiger charge is -2.10. The average Bonchev–Trinajstić information content (AvgIpc) is 3.07. The van der Waals surface area contributed by atoms with Gasteiger partial charge in [-0.15, -0.1) is 10.2 Å². The number of nitrogens with one attached hydrogen (secondary N) is 1. The van der Waals surface area contributed by atoms with E-state index in [9.17, 15) is 9.18 Å². The van der Waals surface area contributed by atoms with Gasteiger partial charge in [0.25, 0.3) is 0 Å². The Labute approximate surface area is 167 Å². The van der Waals surface area contributed by atoms with Crippen molar-refractivity contribution in [2.24, 2.45) is 0 Å². The minimum Gasteiger partial charge on any atom is -0.335 e. The van der Waals surface area contributed by atoms with Crippen LogP contribution in [0.25, 0.3) is 11.4 Å². The Morgan fingerprint density at radius 1 is 1.21 bits per heavy atom. The van der Waals surface area contributed by atoms with Gasteiger partial charge in [-0.25, -0.2) is 9.07 Å². The third-order valence-corrected chi connectivity index (χ3v) is 5.43. The van der Waals surface area contributed by atoms with Crippen molar-refractivity contribution in [3.8, 4) is 11.4 Å². The minimum absolute atomic E-state index is 0.111. The van der Waals surface area contributed by atoms with Crippen LogP contribution in [0.1, 0.15) is 31.7 Å². The summed E-state index contributed by atoms with van der Waals surface area (Å²) < 4.78 is 15.1. The number of thioether (sulfide) groups is 1. The fourth-order valence-corrected chi connectivity index (χ4v) is 3.32. The molecule has 8 heteroatoms. The maximum absolute atomic E-state index is 13.9. The van der Waals surface area contributed by atoms with Crippen LogP contribution in [0.3, 0.4) is 0 Å². The number of aromatic nitrogens is 3. The largest absolute Gasteiger partial charge is 0.335 e. The summed E-state index contributed by atoms with van der Waals surface area (Å²) in [5.74, 6) is 6.16. The van der Waals surface area contributed by atoms with E-state index in [4.69, 9.17) is 5.84 Å². The van der Waals surface area contributed by atoms with Gasteiger partial charge < -0.3 is 11.2 Å². The van der Waals surface area contributed by atoms with Crippen molar-refractivity contribution < 1.29 is 9.18 Å². The van der Waals surface area contributed by atoms with Gasteiger partial charge in [-0.05, 0) is 42.2 Å². The third-order valence-electron chi connectivity index (χ3n) is 4.49. The smallest absolute Gasteiger partial charge is 0.234 e. The van der Waals surface area contributed by atoms with Crippen molar-refractivity contribution in [2.75, 3.05) is 16.9 Å². The highest BCUT2D eigenvalue weighted by Crippen LogP contribution is 2.24. The van der Waals surface area contributed by atoms with Gasteiger partial charge in [-0.2, -0.15) is 0 Å². The molecule has 1 heterocycles. The molecule has 0 aliphatic rings. The first-order valence-electron chi connectivity index (χ1n) is 8.97. The number of hydrogen-bond acceptors (Lipinski definition) is 5. The van der Waals surface area contributed by atoms with Crippen molar-refractivity contribution >= 4 is 23.4 Å². The molecule has 3 N–H and O–H groups in total. The van der Waals surface area contributed by atoms with E-state index in [2.05, 4.69) is 29.4 Å². The Kier molecular flexibility index (Phi) is 6.30. The van der Waals surface area contributed by atoms with Crippen LogP contribution in [0.5, 0.6) is 0 Å². The first-order valence-corrected chi connectivity index (χ1v) is 9.96. The maximum Gasteiger partial charge on any atom is 0.234 e. The third kappa shape index (κ3) is 4.51. The van der Waals surface area contributed by atoms with Crippen LogP contribution in [0.2, 0.25) is 0 Å². The number of hydrogen-bond donors (Lipinski definition) is 2. The van der Waals surface area contributed by atoms with E-state index in [0.29, 0.717) is 11.1 Å². The highest BCUT2D eigenvalue weighted by Gasteiger charge is 2.16. The van der Waals surface area contributed by atoms with Crippen LogP contribution in [0.4, 0.5) is 10.1 Å². The van der Waals surface area contributed by atoms with Crippen LogP contribution in [0.15, 0.2) is 53.7 Å². The standard InChI is InChI=1S/C20H22FN5OS/c1-3-13(2)14-8-10-15(11-9-14)23-18(27)12-28-20-25-24-19(26(20)22)16-6-4-5-7-17(16)21/h4-11,13H,3,12,22H2,1-2H3,(H,23,27)/t13-/m0/s1. The lowest BCUT2D eigenvalue weighted by molar-refractivity contribution is -0.113. The summed E-state index contributed by atoms with van der Waals surface area (Å²) in [7, 11) is 0. The van der Waals surface area contributed by atoms with Crippen molar-refractivity contribution in [3.05, 3.63) is 59.9 Å². The first-order chi connectivity index (χ1) is 13.5. The maximum atomic E-state index is 13.9. The Morgan fingerprint density at radius 2 is 1.93 bits per heavy atom. The van der Waals surface area contributed by atoms with Crippen LogP contribution >= 0.6 is 11.8 Å². The summed E-state index contributed by atoms with van der Waals surface area (Å²) in [6, 6.07) is 14.0. The zero-order chi connectivity index (χ0) is 20.1. The topological polar surface area (TPSA) is 85.8 Å². The molecule has 6 nitrogen and oxygen atoms in total. The summed E-state index contributed by atoms with van der Waals surface area (Å²) >= 11 is 1.14. The van der Waals surface area contributed by atoms with Gasteiger partial charge in [0, 0.05) is 5.69 Å². The molecule has 0 saturated heterocycles. The summed E-state index contributed by atoms with van der Waals surface area (Å²) in [6.45, 7) is 4.31. The van der Waals surface area contributed by atoms with E-state index in [1.165, 1.54) is 16.3 Å². The van der Waals surface area contributed by atoms with Crippen LogP contribution in [-0.2, 0) is 4.79 Å². The van der Waals surface area contributed by atoms with E-state index in [1.807, 2.05) is 24.3 Å². The van der Waals surface area contributed by atoms with Gasteiger partial charge >= 0.3 is 0 Å². The van der Waals surface area contributed by atoms with Crippen molar-refractivity contribution in [1.29, 1.82) is 0 Å². The predicted octanol–water partition coefficient (Wildman–Crippen LogP) is 4.04. The monoisotopic (exact) mass is 399 g/mol. The second-order valence-corrected chi connectivity index (χ2v) is 7.37. The SMILES string of the molecule is CC[C@H](C)c1ccc(NC(=O)CSc2nnc(-c3ccccc3F)n2N)cc1. The molecule has 3 aromatic rings. The molecule has 0 unspecified atom stereocenters. The quantitative estimate of drug-likeness (QED) is 0.463. The van der Waals surface area contributed by atoms with Crippen molar-refractivity contribution in [2.45, 2.75) is 31.3 Å². The molecule has 2 aromatic carbocycles. The predicted molar refractivity (Wildman–Crippen MR) is 110 cm³/mol. The van der Waals surface area contributed by atoms with Crippen LogP contribution in [-0.4, -0.2) is 26.5 Å². The molecule has 1 aromatic heterocycles. The normalized spacial score (nSPS) is 12.0. The van der Waals surface area contributed by atoms with Crippen LogP contribution in [0, 0.1) is 5.82 Å². The molecule has 0 aliphatic carbocycles. The number of nitrogens with two attached hydrogens (primary N) is 1. The van der Waals surface area contributed by atoms with Gasteiger partial charge in [0.15, 0.2) is 5.82 Å². The molecule has 0 fully saturated rings. The van der Waals surface area contributed by atoms with E-state index in [0.717, 1.165) is 23.9 Å². The number of benzene rings is 2. The molecular weight excluding hydrogens is 377 g/mol. The summed E-state index contributed by atoms with van der Waals surface area (Å²) in [5.41, 5.74) is 2.24. The number of amides is 1. The number of anilines is 1. The molecule has 146 valence electrons. The number of nitrogen functional groups attached to an aromatic ring is 1. The second-order valence-electron chi connectivity index (χ2n) is 6.42. The molecule has 1 atom stereocenters. The highest BCUT2D eigenvalue weighted by atomic mass is 32.2. The number of halogens is 1.